The van der Waals surface area contributed by atoms with Gasteiger partial charge in [-0.25, -0.2) is 0 Å². The topological polar surface area (TPSA) is 105 Å². The van der Waals surface area contributed by atoms with Gasteiger partial charge in [-0.1, -0.05) is 0 Å². The zero-order valence-electron chi connectivity index (χ0n) is 7.15. The Labute approximate surface area is 103 Å². The number of hydrogen-bond acceptors (Lipinski definition) is 8. The Morgan fingerprint density at radius 1 is 0.643 bits per heavy atom. The molecule has 0 rings (SSSR count). The van der Waals surface area contributed by atoms with Gasteiger partial charge < -0.3 is 0 Å². The van der Waals surface area contributed by atoms with Crippen LogP contribution in [0.25, 0.3) is 0 Å². The van der Waals surface area contributed by atoms with Gasteiger partial charge in [-0.3, -0.25) is 0 Å². The average Bonchev–Trinajstić information content (AvgIpc) is 2.06. The summed E-state index contributed by atoms with van der Waals surface area (Å²) in [6.07, 6.45) is 0. The molecular weight excluding hydrogens is 205 g/mol. The first-order valence-corrected chi connectivity index (χ1v) is 2.83. The van der Waals surface area contributed by atoms with Gasteiger partial charge in [-0.05, 0) is 0 Å². The molecule has 0 amide bonds. The third-order valence-corrected chi connectivity index (χ3v) is 0.889. The summed E-state index contributed by atoms with van der Waals surface area (Å²) < 4.78 is 55.3. The van der Waals surface area contributed by atoms with E-state index in [1.165, 1.54) is 0 Å². The molecule has 0 unspecified atom stereocenters. The quantitative estimate of drug-likeness (QED) is 0.361. The first kappa shape index (κ1) is 16.2. The van der Waals surface area contributed by atoms with Gasteiger partial charge in [-0.2, -0.15) is 0 Å². The molecule has 0 atom stereocenters. The van der Waals surface area contributed by atoms with E-state index >= 15 is 0 Å². The van der Waals surface area contributed by atoms with E-state index < -0.39 is 6.96 Å². The molecule has 0 aromatic heterocycles. The third-order valence-electron chi connectivity index (χ3n) is 0.889. The van der Waals surface area contributed by atoms with Crippen LogP contribution >= 0.6 is 0 Å². The molecule has 0 saturated carbocycles. The van der Waals surface area contributed by atoms with Crippen LogP contribution in [-0.2, 0) is 37.1 Å². The summed E-state index contributed by atoms with van der Waals surface area (Å²) >= 11 is 0. The Morgan fingerprint density at radius 2 is 0.857 bits per heavy atom. The monoisotopic (exact) mass is 206 g/mol. The molecule has 0 aromatic rings. The Hall–Kier alpha value is -0.275. The fourth-order valence-electron chi connectivity index (χ4n) is 0.465. The molecule has 14 heavy (non-hydrogen) atoms. The summed E-state index contributed by atoms with van der Waals surface area (Å²) in [5.41, 5.74) is 0. The van der Waals surface area contributed by atoms with E-state index in [-0.39, 0.29) is 59.0 Å². The van der Waals surface area contributed by atoms with Gasteiger partial charge in [-0.15, -0.1) is 0 Å². The van der Waals surface area contributed by atoms with Crippen LogP contribution in [0.1, 0.15) is 0 Å². The fourth-order valence-corrected chi connectivity index (χ4v) is 0.465. The van der Waals surface area contributed by atoms with Gasteiger partial charge in [0.1, 0.15) is 0 Å². The van der Waals surface area contributed by atoms with Gasteiger partial charge in [0.05, 0.1) is 0 Å². The van der Waals surface area contributed by atoms with Crippen LogP contribution in [0.4, 0.5) is 0 Å². The van der Waals surface area contributed by atoms with E-state index in [0.29, 0.717) is 0 Å². The largest absolute Gasteiger partial charge is 1.00 e. The van der Waals surface area contributed by atoms with Crippen molar-refractivity contribution in [3.05, 3.63) is 0 Å². The molecule has 0 aliphatic rings. The standard InChI is InChI=1S/B5O8.Na/c6-1-10-5(11-2-7,12-3-8)13-4-9;/q-1;+1. The summed E-state index contributed by atoms with van der Waals surface area (Å²) in [6, 6.07) is 0. The summed E-state index contributed by atoms with van der Waals surface area (Å²) in [7, 11) is -0.847. The summed E-state index contributed by atoms with van der Waals surface area (Å²) in [6.45, 7) is -3.44. The van der Waals surface area contributed by atoms with Crippen LogP contribution in [0, 0.1) is 0 Å². The Kier molecular flexibility index (Phi) is 10.7. The van der Waals surface area contributed by atoms with E-state index in [1.54, 1.807) is 0 Å². The van der Waals surface area contributed by atoms with Gasteiger partial charge in [0.25, 0.3) is 0 Å². The SMILES string of the molecule is O=BO[B-](OB=O)(OB=O)OB=O.[Na+]. The van der Waals surface area contributed by atoms with E-state index in [2.05, 4.69) is 18.3 Å². The van der Waals surface area contributed by atoms with E-state index in [0.717, 1.165) is 0 Å². The molecule has 0 N–H and O–H groups in total. The normalized spacial score (nSPS) is 7.43. The fraction of sp³-hybridized carbons (Fsp3) is 0. The maximum absolute atomic E-state index is 9.85. The van der Waals surface area contributed by atoms with E-state index in [1.807, 2.05) is 0 Å². The smallest absolute Gasteiger partial charge is 1.00 e. The third kappa shape index (κ3) is 5.45. The molecule has 0 aliphatic heterocycles. The molecule has 0 fully saturated rings. The molecule has 0 bridgehead atoms. The maximum Gasteiger partial charge on any atom is 1.00 e. The van der Waals surface area contributed by atoms with Crippen molar-refractivity contribution in [3.63, 3.8) is 0 Å². The predicted octanol–water partition coefficient (Wildman–Crippen LogP) is -5.65. The molecule has 14 heteroatoms. The van der Waals surface area contributed by atoms with Crippen molar-refractivity contribution in [3.8, 4) is 0 Å². The van der Waals surface area contributed by atoms with Crippen molar-refractivity contribution in [2.75, 3.05) is 0 Å². The van der Waals surface area contributed by atoms with Crippen molar-refractivity contribution in [2.24, 2.45) is 0 Å². The molecule has 0 aromatic carbocycles. The van der Waals surface area contributed by atoms with E-state index in [4.69, 9.17) is 0 Å². The summed E-state index contributed by atoms with van der Waals surface area (Å²) in [4.78, 5) is 0. The average molecular weight is 205 g/mol. The van der Waals surface area contributed by atoms with Gasteiger partial charge in [0.2, 0.25) is 0 Å². The van der Waals surface area contributed by atoms with Crippen molar-refractivity contribution in [2.45, 2.75) is 0 Å². The molecule has 0 spiro atoms. The van der Waals surface area contributed by atoms with Gasteiger partial charge in [0.15, 0.2) is 0 Å². The Bertz CT molecular complexity index is 158. The Morgan fingerprint density at radius 3 is 1.00 bits per heavy atom. The Balaban J connectivity index is 0. The number of hydrogen-bond donors (Lipinski definition) is 0. The second-order valence-electron chi connectivity index (χ2n) is 1.51. The van der Waals surface area contributed by atoms with Gasteiger partial charge in [0, 0.05) is 0 Å². The minimum Gasteiger partial charge on any atom is 1.00 e. The molecule has 0 saturated heterocycles. The number of rotatable bonds is 8. The second-order valence-corrected chi connectivity index (χ2v) is 1.51. The van der Waals surface area contributed by atoms with Crippen LogP contribution in [0.3, 0.4) is 0 Å². The first-order chi connectivity index (χ1) is 6.24. The second kappa shape index (κ2) is 9.29. The molecular formula is B5NaO8. The summed E-state index contributed by atoms with van der Waals surface area (Å²) in [5.74, 6) is 0. The summed E-state index contributed by atoms with van der Waals surface area (Å²) in [5, 5.41) is 0. The van der Waals surface area contributed by atoms with Gasteiger partial charge >= 0.3 is 103 Å². The van der Waals surface area contributed by atoms with Crippen LogP contribution < -0.4 is 29.6 Å². The van der Waals surface area contributed by atoms with Crippen molar-refractivity contribution >= 4 is 36.4 Å². The van der Waals surface area contributed by atoms with Crippen LogP contribution in [0.2, 0.25) is 0 Å². The van der Waals surface area contributed by atoms with Crippen LogP contribution in [0.5, 0.6) is 0 Å². The molecule has 0 aliphatic carbocycles. The maximum atomic E-state index is 9.85. The minimum atomic E-state index is -3.44. The molecule has 0 heterocycles. The van der Waals surface area contributed by atoms with Crippen molar-refractivity contribution in [1.29, 1.82) is 0 Å². The zero-order chi connectivity index (χ0) is 10.2. The van der Waals surface area contributed by atoms with Crippen molar-refractivity contribution < 1.29 is 66.7 Å². The molecule has 64 valence electrons. The molecule has 8 nitrogen and oxygen atoms in total. The zero-order valence-corrected chi connectivity index (χ0v) is 9.15. The van der Waals surface area contributed by atoms with E-state index in [9.17, 15) is 18.8 Å². The molecule has 0 radical (unpaired) electrons. The van der Waals surface area contributed by atoms with Crippen molar-refractivity contribution in [1.82, 2.24) is 0 Å². The van der Waals surface area contributed by atoms with Crippen LogP contribution in [0.15, 0.2) is 0 Å². The first-order valence-electron chi connectivity index (χ1n) is 2.83. The predicted molar refractivity (Wildman–Crippen MR) is 35.9 cm³/mol. The van der Waals surface area contributed by atoms with Crippen LogP contribution in [-0.4, -0.2) is 36.4 Å². The minimum absolute atomic E-state index is 0.